The summed E-state index contributed by atoms with van der Waals surface area (Å²) < 4.78 is 10.6. The van der Waals surface area contributed by atoms with Crippen molar-refractivity contribution < 1.29 is 9.15 Å². The van der Waals surface area contributed by atoms with Crippen LogP contribution in [-0.2, 0) is 6.42 Å². The summed E-state index contributed by atoms with van der Waals surface area (Å²) in [5.74, 6) is 2.61. The van der Waals surface area contributed by atoms with Crippen molar-refractivity contribution in [3.8, 4) is 5.75 Å². The first-order valence-electron chi connectivity index (χ1n) is 8.41. The first kappa shape index (κ1) is 22.3. The first-order valence-corrected chi connectivity index (χ1v) is 8.41. The van der Waals surface area contributed by atoms with Crippen LogP contribution in [0.15, 0.2) is 52.1 Å². The molecule has 1 aromatic carbocycles. The van der Waals surface area contributed by atoms with Crippen LogP contribution in [-0.4, -0.2) is 52.2 Å². The Morgan fingerprint density at radius 3 is 2.46 bits per heavy atom. The number of nitrogens with zero attached hydrogens (tertiary/aromatic N) is 2. The number of furan rings is 1. The molecule has 2 rings (SSSR count). The lowest BCUT2D eigenvalue weighted by atomic mass is 10.1. The maximum absolute atomic E-state index is 5.34. The van der Waals surface area contributed by atoms with Crippen molar-refractivity contribution in [1.29, 1.82) is 0 Å². The molecular formula is C19H29IN4O2. The Hall–Kier alpha value is -1.74. The van der Waals surface area contributed by atoms with Crippen LogP contribution >= 0.6 is 24.0 Å². The van der Waals surface area contributed by atoms with Crippen LogP contribution in [0.1, 0.15) is 17.4 Å². The zero-order valence-corrected chi connectivity index (χ0v) is 18.2. The highest BCUT2D eigenvalue weighted by atomic mass is 127. The van der Waals surface area contributed by atoms with Gasteiger partial charge in [0.2, 0.25) is 0 Å². The number of nitrogens with one attached hydrogen (secondary N) is 2. The van der Waals surface area contributed by atoms with Crippen molar-refractivity contribution in [3.63, 3.8) is 0 Å². The van der Waals surface area contributed by atoms with Gasteiger partial charge in [0.1, 0.15) is 11.5 Å². The molecule has 0 aliphatic carbocycles. The van der Waals surface area contributed by atoms with Crippen LogP contribution < -0.4 is 15.4 Å². The maximum atomic E-state index is 5.34. The molecule has 1 aromatic heterocycles. The Kier molecular flexibility index (Phi) is 10.1. The minimum atomic E-state index is 0. The average molecular weight is 472 g/mol. The lowest BCUT2D eigenvalue weighted by Gasteiger charge is -2.26. The van der Waals surface area contributed by atoms with Gasteiger partial charge in [0.25, 0.3) is 0 Å². The highest BCUT2D eigenvalue weighted by molar-refractivity contribution is 14.0. The van der Waals surface area contributed by atoms with Crippen LogP contribution in [0.2, 0.25) is 0 Å². The third kappa shape index (κ3) is 6.87. The summed E-state index contributed by atoms with van der Waals surface area (Å²) in [6.07, 6.45) is 2.52. The molecular weight excluding hydrogens is 443 g/mol. The Morgan fingerprint density at radius 1 is 1.19 bits per heavy atom. The van der Waals surface area contributed by atoms with Gasteiger partial charge in [-0.3, -0.25) is 4.99 Å². The minimum absolute atomic E-state index is 0. The second kappa shape index (κ2) is 11.8. The molecule has 0 radical (unpaired) electrons. The van der Waals surface area contributed by atoms with Crippen LogP contribution in [0.4, 0.5) is 0 Å². The molecule has 0 saturated heterocycles. The molecule has 26 heavy (non-hydrogen) atoms. The van der Waals surface area contributed by atoms with E-state index in [9.17, 15) is 0 Å². The van der Waals surface area contributed by atoms with Gasteiger partial charge in [-0.25, -0.2) is 0 Å². The predicted octanol–water partition coefficient (Wildman–Crippen LogP) is 2.92. The zero-order valence-electron chi connectivity index (χ0n) is 15.9. The van der Waals surface area contributed by atoms with E-state index < -0.39 is 0 Å². The van der Waals surface area contributed by atoms with Crippen LogP contribution in [0.5, 0.6) is 5.75 Å². The molecule has 0 aliphatic heterocycles. The van der Waals surface area contributed by atoms with Crippen molar-refractivity contribution in [3.05, 3.63) is 54.0 Å². The summed E-state index contributed by atoms with van der Waals surface area (Å²) in [5.41, 5.74) is 1.23. The molecule has 7 heteroatoms. The van der Waals surface area contributed by atoms with Crippen molar-refractivity contribution in [2.75, 3.05) is 41.3 Å². The van der Waals surface area contributed by atoms with E-state index in [4.69, 9.17) is 9.15 Å². The van der Waals surface area contributed by atoms with Crippen LogP contribution in [0.25, 0.3) is 0 Å². The molecule has 6 nitrogen and oxygen atoms in total. The van der Waals surface area contributed by atoms with E-state index in [2.05, 4.69) is 46.8 Å². The van der Waals surface area contributed by atoms with Gasteiger partial charge >= 0.3 is 0 Å². The highest BCUT2D eigenvalue weighted by Gasteiger charge is 2.14. The fourth-order valence-electron chi connectivity index (χ4n) is 2.60. The summed E-state index contributed by atoms with van der Waals surface area (Å²) in [6.45, 7) is 1.52. The van der Waals surface area contributed by atoms with Crippen molar-refractivity contribution >= 4 is 29.9 Å². The molecule has 0 fully saturated rings. The molecule has 1 heterocycles. The molecule has 0 bridgehead atoms. The number of likely N-dealkylation sites (N-methyl/N-ethyl adjacent to an activating group) is 1. The number of benzene rings is 1. The highest BCUT2D eigenvalue weighted by Crippen LogP contribution is 2.20. The third-order valence-corrected chi connectivity index (χ3v) is 4.05. The summed E-state index contributed by atoms with van der Waals surface area (Å²) in [5, 5.41) is 6.71. The standard InChI is InChI=1S/C19H28N4O2.HI/c1-20-19(21-12-11-17-6-5-13-25-17)22-14-18(23(2)3)15-7-9-16(24-4)10-8-15;/h5-10,13,18H,11-12,14H2,1-4H3,(H2,20,21,22);1H. The van der Waals surface area contributed by atoms with Gasteiger partial charge in [-0.15, -0.1) is 24.0 Å². The lowest BCUT2D eigenvalue weighted by Crippen LogP contribution is -2.42. The number of hydrogen-bond donors (Lipinski definition) is 2. The second-order valence-corrected chi connectivity index (χ2v) is 5.96. The van der Waals surface area contributed by atoms with Crippen LogP contribution in [0.3, 0.4) is 0 Å². The van der Waals surface area contributed by atoms with Gasteiger partial charge in [-0.1, -0.05) is 12.1 Å². The van der Waals surface area contributed by atoms with E-state index in [1.807, 2.05) is 24.3 Å². The summed E-state index contributed by atoms with van der Waals surface area (Å²) >= 11 is 0. The van der Waals surface area contributed by atoms with E-state index >= 15 is 0 Å². The topological polar surface area (TPSA) is 62.0 Å². The monoisotopic (exact) mass is 472 g/mol. The van der Waals surface area contributed by atoms with Gasteiger partial charge in [-0.2, -0.15) is 0 Å². The molecule has 1 atom stereocenters. The summed E-state index contributed by atoms with van der Waals surface area (Å²) in [7, 11) is 7.60. The van der Waals surface area contributed by atoms with Gasteiger partial charge in [-0.05, 0) is 43.9 Å². The van der Waals surface area contributed by atoms with Gasteiger partial charge in [0.15, 0.2) is 5.96 Å². The van der Waals surface area contributed by atoms with E-state index in [0.717, 1.165) is 37.0 Å². The molecule has 2 aromatic rings. The smallest absolute Gasteiger partial charge is 0.191 e. The molecule has 1 unspecified atom stereocenters. The fourth-order valence-corrected chi connectivity index (χ4v) is 2.60. The molecule has 0 saturated carbocycles. The third-order valence-electron chi connectivity index (χ3n) is 4.05. The van der Waals surface area contributed by atoms with E-state index in [0.29, 0.717) is 0 Å². The molecule has 0 amide bonds. The van der Waals surface area contributed by atoms with Gasteiger partial charge in [0.05, 0.1) is 19.4 Å². The molecule has 0 spiro atoms. The fraction of sp³-hybridized carbons (Fsp3) is 0.421. The van der Waals surface area contributed by atoms with E-state index in [-0.39, 0.29) is 30.0 Å². The molecule has 0 aliphatic rings. The normalized spacial score (nSPS) is 12.4. The Bertz CT molecular complexity index is 642. The number of halogens is 1. The lowest BCUT2D eigenvalue weighted by molar-refractivity contribution is 0.298. The summed E-state index contributed by atoms with van der Waals surface area (Å²) in [6, 6.07) is 12.3. The quantitative estimate of drug-likeness (QED) is 0.352. The number of rotatable bonds is 8. The van der Waals surface area contributed by atoms with Crippen molar-refractivity contribution in [2.24, 2.45) is 4.99 Å². The number of ether oxygens (including phenoxy) is 1. The van der Waals surface area contributed by atoms with Crippen molar-refractivity contribution in [1.82, 2.24) is 15.5 Å². The largest absolute Gasteiger partial charge is 0.497 e. The second-order valence-electron chi connectivity index (χ2n) is 5.96. The van der Waals surface area contributed by atoms with Crippen LogP contribution in [0, 0.1) is 0 Å². The summed E-state index contributed by atoms with van der Waals surface area (Å²) in [4.78, 5) is 6.47. The predicted molar refractivity (Wildman–Crippen MR) is 117 cm³/mol. The van der Waals surface area contributed by atoms with E-state index in [1.54, 1.807) is 20.4 Å². The molecule has 144 valence electrons. The minimum Gasteiger partial charge on any atom is -0.497 e. The Morgan fingerprint density at radius 2 is 1.92 bits per heavy atom. The number of hydrogen-bond acceptors (Lipinski definition) is 4. The molecule has 2 N–H and O–H groups in total. The number of methoxy groups -OCH3 is 1. The van der Waals surface area contributed by atoms with E-state index in [1.165, 1.54) is 5.56 Å². The number of aliphatic imine (C=N–C) groups is 1. The zero-order chi connectivity index (χ0) is 18.1. The Labute approximate surface area is 173 Å². The Balaban J connectivity index is 0.00000338. The number of guanidine groups is 1. The van der Waals surface area contributed by atoms with Gasteiger partial charge < -0.3 is 24.7 Å². The van der Waals surface area contributed by atoms with Crippen molar-refractivity contribution in [2.45, 2.75) is 12.5 Å². The average Bonchev–Trinajstić information content (AvgIpc) is 3.14. The van der Waals surface area contributed by atoms with Gasteiger partial charge in [0, 0.05) is 26.6 Å². The maximum Gasteiger partial charge on any atom is 0.191 e. The SMILES string of the molecule is CN=C(NCCc1ccco1)NCC(c1ccc(OC)cc1)N(C)C.I. The first-order chi connectivity index (χ1) is 12.1.